The van der Waals surface area contributed by atoms with Crippen LogP contribution in [0, 0.1) is 0 Å². The SMILES string of the molecule is CN1[C@@H]2CC[C@H]1CC(NC(=O)c1n[nH]c3ccccc13)C2.O=C(O)C(F)(F)F. The third-order valence-corrected chi connectivity index (χ3v) is 5.36. The molecule has 0 spiro atoms. The third kappa shape index (κ3) is 4.27. The molecule has 0 aliphatic carbocycles. The number of hydrogen-bond acceptors (Lipinski definition) is 4. The van der Waals surface area contributed by atoms with Gasteiger partial charge in [0.1, 0.15) is 0 Å². The molecule has 2 aliphatic heterocycles. The Labute approximate surface area is 158 Å². The summed E-state index contributed by atoms with van der Waals surface area (Å²) in [6.45, 7) is 0. The van der Waals surface area contributed by atoms with Gasteiger partial charge in [0, 0.05) is 23.5 Å². The molecule has 1 unspecified atom stereocenters. The Morgan fingerprint density at radius 3 is 2.36 bits per heavy atom. The molecule has 2 bridgehead atoms. The molecule has 2 aliphatic rings. The Balaban J connectivity index is 0.000000279. The van der Waals surface area contributed by atoms with Gasteiger partial charge >= 0.3 is 12.1 Å². The van der Waals surface area contributed by atoms with Crippen LogP contribution in [0.2, 0.25) is 0 Å². The number of halogens is 3. The number of carbonyl (C=O) groups excluding carboxylic acids is 1. The molecular formula is C18H21F3N4O3. The monoisotopic (exact) mass is 398 g/mol. The number of nitrogens with one attached hydrogen (secondary N) is 2. The number of aromatic nitrogens is 2. The first-order valence-electron chi connectivity index (χ1n) is 8.93. The van der Waals surface area contributed by atoms with E-state index in [1.54, 1.807) is 0 Å². The van der Waals surface area contributed by atoms with Crippen LogP contribution in [0.4, 0.5) is 13.2 Å². The third-order valence-electron chi connectivity index (χ3n) is 5.36. The van der Waals surface area contributed by atoms with Crippen LogP contribution in [0.25, 0.3) is 10.9 Å². The molecule has 0 saturated carbocycles. The van der Waals surface area contributed by atoms with Crippen LogP contribution in [-0.4, -0.2) is 63.4 Å². The van der Waals surface area contributed by atoms with Crippen LogP contribution in [0.3, 0.4) is 0 Å². The number of amides is 1. The molecule has 1 amide bonds. The molecule has 3 atom stereocenters. The minimum atomic E-state index is -5.08. The number of alkyl halides is 3. The fourth-order valence-electron chi connectivity index (χ4n) is 3.92. The van der Waals surface area contributed by atoms with Crippen molar-refractivity contribution in [2.45, 2.75) is 50.0 Å². The lowest BCUT2D eigenvalue weighted by molar-refractivity contribution is -0.192. The van der Waals surface area contributed by atoms with E-state index in [0.717, 1.165) is 23.7 Å². The van der Waals surface area contributed by atoms with Gasteiger partial charge in [-0.3, -0.25) is 9.89 Å². The number of nitrogens with zero attached hydrogens (tertiary/aromatic N) is 2. The summed E-state index contributed by atoms with van der Waals surface area (Å²) >= 11 is 0. The minimum absolute atomic E-state index is 0.0543. The number of fused-ring (bicyclic) bond motifs is 3. The van der Waals surface area contributed by atoms with Crippen molar-refractivity contribution >= 4 is 22.8 Å². The molecule has 10 heteroatoms. The number of aliphatic carboxylic acids is 1. The molecule has 3 N–H and O–H groups in total. The van der Waals surface area contributed by atoms with Crippen LogP contribution < -0.4 is 5.32 Å². The molecule has 28 heavy (non-hydrogen) atoms. The van der Waals surface area contributed by atoms with Gasteiger partial charge in [-0.2, -0.15) is 18.3 Å². The van der Waals surface area contributed by atoms with Crippen molar-refractivity contribution < 1.29 is 27.9 Å². The largest absolute Gasteiger partial charge is 0.490 e. The van der Waals surface area contributed by atoms with Gasteiger partial charge in [0.2, 0.25) is 0 Å². The second-order valence-electron chi connectivity index (χ2n) is 7.11. The number of para-hydroxylation sites is 1. The second kappa shape index (κ2) is 7.78. The highest BCUT2D eigenvalue weighted by molar-refractivity contribution is 6.04. The summed E-state index contributed by atoms with van der Waals surface area (Å²) in [5, 5.41) is 18.3. The van der Waals surface area contributed by atoms with E-state index in [1.807, 2.05) is 24.3 Å². The van der Waals surface area contributed by atoms with Gasteiger partial charge in [0.05, 0.1) is 5.52 Å². The van der Waals surface area contributed by atoms with Crippen LogP contribution in [-0.2, 0) is 4.79 Å². The van der Waals surface area contributed by atoms with Gasteiger partial charge in [-0.25, -0.2) is 4.79 Å². The predicted molar refractivity (Wildman–Crippen MR) is 94.8 cm³/mol. The number of carbonyl (C=O) groups is 2. The summed E-state index contributed by atoms with van der Waals surface area (Å²) in [4.78, 5) is 23.9. The van der Waals surface area contributed by atoms with Crippen LogP contribution in [0.1, 0.15) is 36.2 Å². The quantitative estimate of drug-likeness (QED) is 0.722. The molecular weight excluding hydrogens is 377 g/mol. The number of aromatic amines is 1. The molecule has 0 radical (unpaired) electrons. The van der Waals surface area contributed by atoms with Gasteiger partial charge < -0.3 is 15.3 Å². The zero-order chi connectivity index (χ0) is 20.5. The maximum atomic E-state index is 12.5. The maximum absolute atomic E-state index is 12.5. The first-order chi connectivity index (χ1) is 13.2. The number of H-pyrrole nitrogens is 1. The van der Waals surface area contributed by atoms with Crippen molar-refractivity contribution in [1.82, 2.24) is 20.4 Å². The van der Waals surface area contributed by atoms with E-state index < -0.39 is 12.1 Å². The highest BCUT2D eigenvalue weighted by atomic mass is 19.4. The van der Waals surface area contributed by atoms with Crippen molar-refractivity contribution in [3.63, 3.8) is 0 Å². The molecule has 3 heterocycles. The summed E-state index contributed by atoms with van der Waals surface area (Å²) in [7, 11) is 2.21. The number of carboxylic acids is 1. The fourth-order valence-corrected chi connectivity index (χ4v) is 3.92. The Morgan fingerprint density at radius 2 is 1.79 bits per heavy atom. The summed E-state index contributed by atoms with van der Waals surface area (Å²) < 4.78 is 31.7. The van der Waals surface area contributed by atoms with Gasteiger partial charge in [-0.05, 0) is 38.8 Å². The molecule has 7 nitrogen and oxygen atoms in total. The Hall–Kier alpha value is -2.62. The number of piperidine rings is 1. The lowest BCUT2D eigenvalue weighted by atomic mass is 9.98. The van der Waals surface area contributed by atoms with Gasteiger partial charge in [-0.15, -0.1) is 0 Å². The number of hydrogen-bond donors (Lipinski definition) is 3. The normalized spacial score (nSPS) is 24.5. The van der Waals surface area contributed by atoms with E-state index in [0.29, 0.717) is 17.8 Å². The van der Waals surface area contributed by atoms with E-state index in [9.17, 15) is 18.0 Å². The van der Waals surface area contributed by atoms with Crippen LogP contribution in [0.5, 0.6) is 0 Å². The van der Waals surface area contributed by atoms with E-state index in [2.05, 4.69) is 27.5 Å². The van der Waals surface area contributed by atoms with Crippen molar-refractivity contribution in [2.24, 2.45) is 0 Å². The van der Waals surface area contributed by atoms with Crippen molar-refractivity contribution in [3.05, 3.63) is 30.0 Å². The molecule has 1 aromatic heterocycles. The first kappa shape index (κ1) is 20.1. The molecule has 2 aromatic rings. The average molecular weight is 398 g/mol. The number of rotatable bonds is 2. The summed E-state index contributed by atoms with van der Waals surface area (Å²) in [5.41, 5.74) is 1.42. The summed E-state index contributed by atoms with van der Waals surface area (Å²) in [5.74, 6) is -2.81. The van der Waals surface area contributed by atoms with Crippen LogP contribution >= 0.6 is 0 Å². The lowest BCUT2D eigenvalue weighted by Gasteiger charge is -2.36. The van der Waals surface area contributed by atoms with E-state index >= 15 is 0 Å². The second-order valence-corrected chi connectivity index (χ2v) is 7.11. The standard InChI is InChI=1S/C16H20N4O.C2HF3O2/c1-20-11-6-7-12(20)9-10(8-11)17-16(21)15-13-4-2-3-5-14(13)18-19-15;3-2(4,5)1(6)7/h2-5,10-12H,6-9H2,1H3,(H,17,21)(H,18,19);(H,6,7)/t10?,11-,12+;. The smallest absolute Gasteiger partial charge is 0.475 e. The van der Waals surface area contributed by atoms with Crippen molar-refractivity contribution in [2.75, 3.05) is 7.05 Å². The molecule has 1 aromatic carbocycles. The minimum Gasteiger partial charge on any atom is -0.475 e. The first-order valence-corrected chi connectivity index (χ1v) is 8.93. The Morgan fingerprint density at radius 1 is 1.21 bits per heavy atom. The lowest BCUT2D eigenvalue weighted by Crippen LogP contribution is -2.48. The highest BCUT2D eigenvalue weighted by Gasteiger charge is 2.39. The Bertz CT molecular complexity index is 853. The average Bonchev–Trinajstić information content (AvgIpc) is 3.12. The highest BCUT2D eigenvalue weighted by Crippen LogP contribution is 2.34. The van der Waals surface area contributed by atoms with Crippen LogP contribution in [0.15, 0.2) is 24.3 Å². The molecule has 4 rings (SSSR count). The fraction of sp³-hybridized carbons (Fsp3) is 0.500. The zero-order valence-electron chi connectivity index (χ0n) is 15.2. The van der Waals surface area contributed by atoms with Gasteiger partial charge in [-0.1, -0.05) is 18.2 Å². The summed E-state index contributed by atoms with van der Waals surface area (Å²) in [6, 6.07) is 9.29. The Kier molecular flexibility index (Phi) is 5.59. The zero-order valence-corrected chi connectivity index (χ0v) is 15.2. The summed E-state index contributed by atoms with van der Waals surface area (Å²) in [6.07, 6.45) is -0.445. The number of benzene rings is 1. The predicted octanol–water partition coefficient (Wildman–Crippen LogP) is 2.55. The van der Waals surface area contributed by atoms with Crippen molar-refractivity contribution in [3.8, 4) is 0 Å². The van der Waals surface area contributed by atoms with Gasteiger partial charge in [0.15, 0.2) is 5.69 Å². The topological polar surface area (TPSA) is 98.3 Å². The molecule has 152 valence electrons. The number of carboxylic acid groups (broad SMARTS) is 1. The van der Waals surface area contributed by atoms with Crippen molar-refractivity contribution in [1.29, 1.82) is 0 Å². The molecule has 2 fully saturated rings. The van der Waals surface area contributed by atoms with E-state index in [1.165, 1.54) is 12.8 Å². The maximum Gasteiger partial charge on any atom is 0.490 e. The molecule has 2 saturated heterocycles. The van der Waals surface area contributed by atoms with E-state index in [-0.39, 0.29) is 11.9 Å². The van der Waals surface area contributed by atoms with E-state index in [4.69, 9.17) is 9.90 Å². The van der Waals surface area contributed by atoms with Gasteiger partial charge in [0.25, 0.3) is 5.91 Å².